The fraction of sp³-hybridized carbons (Fsp3) is 0.150. The molecule has 0 atom stereocenters. The number of sulfonamides is 1. The van der Waals surface area contributed by atoms with Crippen LogP contribution in [0.4, 0.5) is 5.69 Å². The molecule has 0 unspecified atom stereocenters. The molecule has 0 saturated carbocycles. The van der Waals surface area contributed by atoms with Crippen LogP contribution in [0.1, 0.15) is 16.1 Å². The van der Waals surface area contributed by atoms with Crippen LogP contribution < -0.4 is 10.1 Å². The molecule has 3 aromatic rings. The van der Waals surface area contributed by atoms with Crippen molar-refractivity contribution in [2.24, 2.45) is 0 Å². The van der Waals surface area contributed by atoms with Crippen LogP contribution >= 0.6 is 0 Å². The maximum absolute atomic E-state index is 12.6. The quantitative estimate of drug-likeness (QED) is 0.657. The number of hydrogen-bond donors (Lipinski definition) is 1. The van der Waals surface area contributed by atoms with E-state index >= 15 is 0 Å². The van der Waals surface area contributed by atoms with Crippen molar-refractivity contribution in [2.45, 2.75) is 11.5 Å². The van der Waals surface area contributed by atoms with Gasteiger partial charge in [-0.05, 0) is 36.4 Å². The van der Waals surface area contributed by atoms with Crippen LogP contribution in [-0.4, -0.2) is 32.7 Å². The lowest BCUT2D eigenvalue weighted by molar-refractivity contribution is 0.0993. The molecule has 0 saturated heterocycles. The SMILES string of the molecule is CN(C)S(=O)(=O)c1cccc(NC(=O)c2occc2COc2ccccc2)c1. The third-order valence-electron chi connectivity index (χ3n) is 3.96. The smallest absolute Gasteiger partial charge is 0.291 e. The van der Waals surface area contributed by atoms with Crippen molar-refractivity contribution in [2.75, 3.05) is 19.4 Å². The van der Waals surface area contributed by atoms with Crippen molar-refractivity contribution >= 4 is 21.6 Å². The van der Waals surface area contributed by atoms with E-state index in [0.29, 0.717) is 17.0 Å². The second kappa shape index (κ2) is 8.28. The number of ether oxygens (including phenoxy) is 1. The maximum atomic E-state index is 12.6. The van der Waals surface area contributed by atoms with Crippen LogP contribution in [0.15, 0.2) is 76.2 Å². The lowest BCUT2D eigenvalue weighted by atomic mass is 10.2. The van der Waals surface area contributed by atoms with Gasteiger partial charge in [0.1, 0.15) is 12.4 Å². The first-order valence-corrected chi connectivity index (χ1v) is 9.90. The van der Waals surface area contributed by atoms with Crippen molar-refractivity contribution in [1.82, 2.24) is 4.31 Å². The summed E-state index contributed by atoms with van der Waals surface area (Å²) in [7, 11) is -0.704. The zero-order valence-corrected chi connectivity index (χ0v) is 16.3. The van der Waals surface area contributed by atoms with Crippen LogP contribution in [0.3, 0.4) is 0 Å². The van der Waals surface area contributed by atoms with E-state index in [1.165, 1.54) is 32.5 Å². The predicted molar refractivity (Wildman–Crippen MR) is 105 cm³/mol. The zero-order chi connectivity index (χ0) is 20.1. The molecule has 3 rings (SSSR count). The predicted octanol–water partition coefficient (Wildman–Crippen LogP) is 3.36. The Morgan fingerprint density at radius 3 is 2.54 bits per heavy atom. The van der Waals surface area contributed by atoms with Gasteiger partial charge in [-0.1, -0.05) is 24.3 Å². The van der Waals surface area contributed by atoms with Crippen LogP contribution in [-0.2, 0) is 16.6 Å². The summed E-state index contributed by atoms with van der Waals surface area (Å²) in [4.78, 5) is 12.7. The molecule has 2 aromatic carbocycles. The van der Waals surface area contributed by atoms with Crippen LogP contribution in [0, 0.1) is 0 Å². The zero-order valence-electron chi connectivity index (χ0n) is 15.5. The highest BCUT2D eigenvalue weighted by Crippen LogP contribution is 2.20. The first kappa shape index (κ1) is 19.7. The molecule has 1 heterocycles. The Morgan fingerprint density at radius 1 is 1.07 bits per heavy atom. The van der Waals surface area contributed by atoms with Gasteiger partial charge < -0.3 is 14.5 Å². The summed E-state index contributed by atoms with van der Waals surface area (Å²) in [6.45, 7) is 0.165. The molecular weight excluding hydrogens is 380 g/mol. The van der Waals surface area contributed by atoms with Gasteiger partial charge in [0.25, 0.3) is 5.91 Å². The van der Waals surface area contributed by atoms with Gasteiger partial charge in [-0.3, -0.25) is 4.79 Å². The van der Waals surface area contributed by atoms with Crippen LogP contribution in [0.5, 0.6) is 5.75 Å². The standard InChI is InChI=1S/C20H20N2O5S/c1-22(2)28(24,25)18-10-6-7-16(13-18)21-20(23)19-15(11-12-26-19)14-27-17-8-4-3-5-9-17/h3-13H,14H2,1-2H3,(H,21,23). The normalized spacial score (nSPS) is 11.4. The summed E-state index contributed by atoms with van der Waals surface area (Å²) in [6.07, 6.45) is 1.41. The Balaban J connectivity index is 1.73. The first-order chi connectivity index (χ1) is 13.4. The molecule has 1 amide bonds. The minimum atomic E-state index is -3.60. The molecule has 146 valence electrons. The molecular formula is C20H20N2O5S. The number of carbonyl (C=O) groups excluding carboxylic acids is 1. The van der Waals surface area contributed by atoms with E-state index in [1.807, 2.05) is 30.3 Å². The highest BCUT2D eigenvalue weighted by molar-refractivity contribution is 7.89. The van der Waals surface area contributed by atoms with Crippen molar-refractivity contribution < 1.29 is 22.4 Å². The van der Waals surface area contributed by atoms with Gasteiger partial charge >= 0.3 is 0 Å². The molecule has 7 nitrogen and oxygen atoms in total. The van der Waals surface area contributed by atoms with Crippen molar-refractivity contribution in [3.05, 3.63) is 78.3 Å². The Hall–Kier alpha value is -3.10. The first-order valence-electron chi connectivity index (χ1n) is 8.46. The molecule has 0 aliphatic rings. The van der Waals surface area contributed by atoms with Gasteiger partial charge in [-0.2, -0.15) is 0 Å². The van der Waals surface area contributed by atoms with E-state index in [-0.39, 0.29) is 17.3 Å². The van der Waals surface area contributed by atoms with E-state index < -0.39 is 15.9 Å². The summed E-state index contributed by atoms with van der Waals surface area (Å²) in [6, 6.07) is 16.9. The van der Waals surface area contributed by atoms with Gasteiger partial charge in [-0.15, -0.1) is 0 Å². The number of furan rings is 1. The van der Waals surface area contributed by atoms with E-state index in [1.54, 1.807) is 18.2 Å². The molecule has 28 heavy (non-hydrogen) atoms. The van der Waals surface area contributed by atoms with Gasteiger partial charge in [0, 0.05) is 25.3 Å². The van der Waals surface area contributed by atoms with E-state index in [0.717, 1.165) is 4.31 Å². The average molecular weight is 400 g/mol. The summed E-state index contributed by atoms with van der Waals surface area (Å²) in [5, 5.41) is 2.66. The summed E-state index contributed by atoms with van der Waals surface area (Å²) < 4.78 is 36.6. The fourth-order valence-corrected chi connectivity index (χ4v) is 3.41. The molecule has 0 aliphatic carbocycles. The Morgan fingerprint density at radius 2 is 1.82 bits per heavy atom. The van der Waals surface area contributed by atoms with Crippen LogP contribution in [0.25, 0.3) is 0 Å². The van der Waals surface area contributed by atoms with Gasteiger partial charge in [0.2, 0.25) is 10.0 Å². The third-order valence-corrected chi connectivity index (χ3v) is 5.77. The summed E-state index contributed by atoms with van der Waals surface area (Å²) in [5.41, 5.74) is 0.928. The van der Waals surface area contributed by atoms with E-state index in [2.05, 4.69) is 5.32 Å². The lowest BCUT2D eigenvalue weighted by Crippen LogP contribution is -2.22. The number of benzene rings is 2. The van der Waals surface area contributed by atoms with Crippen molar-refractivity contribution in [3.63, 3.8) is 0 Å². The molecule has 1 N–H and O–H groups in total. The summed E-state index contributed by atoms with van der Waals surface area (Å²) >= 11 is 0. The van der Waals surface area contributed by atoms with Gasteiger partial charge in [0.15, 0.2) is 5.76 Å². The molecule has 0 bridgehead atoms. The third kappa shape index (κ3) is 4.41. The fourth-order valence-electron chi connectivity index (χ4n) is 2.46. The Kier molecular flexibility index (Phi) is 5.81. The molecule has 8 heteroatoms. The monoisotopic (exact) mass is 400 g/mol. The van der Waals surface area contributed by atoms with Crippen molar-refractivity contribution in [1.29, 1.82) is 0 Å². The number of para-hydroxylation sites is 1. The number of hydrogen-bond acceptors (Lipinski definition) is 5. The summed E-state index contributed by atoms with van der Waals surface area (Å²) in [5.74, 6) is 0.296. The molecule has 0 radical (unpaired) electrons. The highest BCUT2D eigenvalue weighted by atomic mass is 32.2. The van der Waals surface area contributed by atoms with Crippen molar-refractivity contribution in [3.8, 4) is 5.75 Å². The highest BCUT2D eigenvalue weighted by Gasteiger charge is 2.19. The number of rotatable bonds is 7. The number of carbonyl (C=O) groups is 1. The number of anilines is 1. The van der Waals surface area contributed by atoms with E-state index in [9.17, 15) is 13.2 Å². The van der Waals surface area contributed by atoms with E-state index in [4.69, 9.17) is 9.15 Å². The molecule has 1 aromatic heterocycles. The minimum absolute atomic E-state index is 0.0855. The number of nitrogens with one attached hydrogen (secondary N) is 1. The molecule has 0 aliphatic heterocycles. The molecule has 0 fully saturated rings. The molecule has 0 spiro atoms. The average Bonchev–Trinajstić information content (AvgIpc) is 3.16. The van der Waals surface area contributed by atoms with Crippen LogP contribution in [0.2, 0.25) is 0 Å². The largest absolute Gasteiger partial charge is 0.489 e. The number of nitrogens with zero attached hydrogens (tertiary/aromatic N) is 1. The maximum Gasteiger partial charge on any atom is 0.291 e. The second-order valence-corrected chi connectivity index (χ2v) is 8.30. The topological polar surface area (TPSA) is 88.9 Å². The number of amides is 1. The van der Waals surface area contributed by atoms with Gasteiger partial charge in [0.05, 0.1) is 11.2 Å². The Bertz CT molecular complexity index is 1060. The lowest BCUT2D eigenvalue weighted by Gasteiger charge is -2.12. The van der Waals surface area contributed by atoms with Gasteiger partial charge in [-0.25, -0.2) is 12.7 Å². The minimum Gasteiger partial charge on any atom is -0.489 e. The Labute approximate surface area is 163 Å². The second-order valence-electron chi connectivity index (χ2n) is 6.15.